The van der Waals surface area contributed by atoms with Gasteiger partial charge < -0.3 is 4.74 Å². The Hall–Kier alpha value is -1.91. The molecule has 1 aromatic heterocycles. The van der Waals surface area contributed by atoms with Gasteiger partial charge in [-0.3, -0.25) is 14.6 Å². The highest BCUT2D eigenvalue weighted by atomic mass is 16.5. The zero-order valence-corrected chi connectivity index (χ0v) is 8.27. The van der Waals surface area contributed by atoms with Gasteiger partial charge in [0.15, 0.2) is 0 Å². The summed E-state index contributed by atoms with van der Waals surface area (Å²) in [5, 5.41) is 0. The lowest BCUT2D eigenvalue weighted by Crippen LogP contribution is -2.29. The summed E-state index contributed by atoms with van der Waals surface area (Å²) in [7, 11) is 1.49. The summed E-state index contributed by atoms with van der Waals surface area (Å²) in [6.07, 6.45) is 3.53. The first kappa shape index (κ1) is 9.64. The molecule has 1 aliphatic heterocycles. The Morgan fingerprint density at radius 1 is 1.33 bits per heavy atom. The molecule has 0 aliphatic carbocycles. The van der Waals surface area contributed by atoms with Crippen molar-refractivity contribution in [2.75, 3.05) is 12.0 Å². The Kier molecular flexibility index (Phi) is 2.37. The quantitative estimate of drug-likeness (QED) is 0.670. The molecular formula is C10H10N2O3. The Morgan fingerprint density at radius 3 is 2.60 bits per heavy atom. The maximum absolute atomic E-state index is 11.5. The Morgan fingerprint density at radius 2 is 2.00 bits per heavy atom. The van der Waals surface area contributed by atoms with Gasteiger partial charge in [0, 0.05) is 25.1 Å². The minimum absolute atomic E-state index is 0.202. The number of amides is 2. The standard InChI is InChI=1S/C10H10N2O3/c1-15-8-4-5-11-6-7(8)12-9(13)2-3-10(12)14/h4-6H,2-3H2,1H3. The number of pyridine rings is 1. The van der Waals surface area contributed by atoms with E-state index in [-0.39, 0.29) is 24.7 Å². The normalized spacial score (nSPS) is 15.9. The highest BCUT2D eigenvalue weighted by Gasteiger charge is 2.32. The summed E-state index contributed by atoms with van der Waals surface area (Å²) in [6, 6.07) is 1.62. The summed E-state index contributed by atoms with van der Waals surface area (Å²) < 4.78 is 5.07. The number of methoxy groups -OCH3 is 1. The lowest BCUT2D eigenvalue weighted by atomic mass is 10.3. The molecule has 2 rings (SSSR count). The van der Waals surface area contributed by atoms with E-state index < -0.39 is 0 Å². The van der Waals surface area contributed by atoms with Crippen LogP contribution < -0.4 is 9.64 Å². The summed E-state index contributed by atoms with van der Waals surface area (Å²) in [6.45, 7) is 0. The van der Waals surface area contributed by atoms with Crippen molar-refractivity contribution in [3.8, 4) is 5.75 Å². The van der Waals surface area contributed by atoms with Gasteiger partial charge in [-0.25, -0.2) is 4.90 Å². The van der Waals surface area contributed by atoms with Gasteiger partial charge in [0.25, 0.3) is 0 Å². The topological polar surface area (TPSA) is 59.5 Å². The van der Waals surface area contributed by atoms with E-state index in [9.17, 15) is 9.59 Å². The van der Waals surface area contributed by atoms with Gasteiger partial charge in [0.05, 0.1) is 13.3 Å². The van der Waals surface area contributed by atoms with Crippen LogP contribution in [0, 0.1) is 0 Å². The molecule has 0 unspecified atom stereocenters. The van der Waals surface area contributed by atoms with E-state index in [1.807, 2.05) is 0 Å². The van der Waals surface area contributed by atoms with E-state index in [4.69, 9.17) is 4.74 Å². The summed E-state index contributed by atoms with van der Waals surface area (Å²) in [4.78, 5) is 28.0. The highest BCUT2D eigenvalue weighted by Crippen LogP contribution is 2.30. The number of nitrogens with zero attached hydrogens (tertiary/aromatic N) is 2. The van der Waals surface area contributed by atoms with Crippen molar-refractivity contribution in [2.24, 2.45) is 0 Å². The molecule has 0 atom stereocenters. The van der Waals surface area contributed by atoms with Crippen LogP contribution in [-0.4, -0.2) is 23.9 Å². The van der Waals surface area contributed by atoms with Crippen molar-refractivity contribution in [3.05, 3.63) is 18.5 Å². The van der Waals surface area contributed by atoms with Crippen LogP contribution in [0.15, 0.2) is 18.5 Å². The Balaban J connectivity index is 2.44. The molecule has 5 heteroatoms. The monoisotopic (exact) mass is 206 g/mol. The molecule has 2 amide bonds. The number of imide groups is 1. The zero-order chi connectivity index (χ0) is 10.8. The Labute approximate surface area is 86.7 Å². The van der Waals surface area contributed by atoms with Crippen molar-refractivity contribution in [1.82, 2.24) is 4.98 Å². The highest BCUT2D eigenvalue weighted by molar-refractivity contribution is 6.20. The molecule has 0 N–H and O–H groups in total. The fourth-order valence-electron chi connectivity index (χ4n) is 1.56. The molecule has 78 valence electrons. The van der Waals surface area contributed by atoms with Crippen LogP contribution in [-0.2, 0) is 9.59 Å². The van der Waals surface area contributed by atoms with E-state index in [2.05, 4.69) is 4.98 Å². The second-order valence-corrected chi connectivity index (χ2v) is 3.17. The van der Waals surface area contributed by atoms with Gasteiger partial charge in [-0.2, -0.15) is 0 Å². The first-order valence-electron chi connectivity index (χ1n) is 4.58. The number of carbonyl (C=O) groups excluding carboxylic acids is 2. The number of rotatable bonds is 2. The van der Waals surface area contributed by atoms with Crippen molar-refractivity contribution in [2.45, 2.75) is 12.8 Å². The van der Waals surface area contributed by atoms with Crippen LogP contribution in [0.3, 0.4) is 0 Å². The minimum Gasteiger partial charge on any atom is -0.494 e. The second kappa shape index (κ2) is 3.68. The number of anilines is 1. The fraction of sp³-hybridized carbons (Fsp3) is 0.300. The molecule has 5 nitrogen and oxygen atoms in total. The zero-order valence-electron chi connectivity index (χ0n) is 8.27. The minimum atomic E-state index is -0.202. The van der Waals surface area contributed by atoms with Crippen LogP contribution in [0.2, 0.25) is 0 Å². The summed E-state index contributed by atoms with van der Waals surface area (Å²) in [5.41, 5.74) is 0.424. The average molecular weight is 206 g/mol. The molecule has 0 bridgehead atoms. The largest absolute Gasteiger partial charge is 0.494 e. The third-order valence-corrected chi connectivity index (χ3v) is 2.27. The lowest BCUT2D eigenvalue weighted by Gasteiger charge is -2.15. The SMILES string of the molecule is COc1ccncc1N1C(=O)CCC1=O. The van der Waals surface area contributed by atoms with Crippen LogP contribution >= 0.6 is 0 Å². The number of hydrogen-bond acceptors (Lipinski definition) is 4. The van der Waals surface area contributed by atoms with Crippen molar-refractivity contribution < 1.29 is 14.3 Å². The van der Waals surface area contributed by atoms with E-state index in [0.29, 0.717) is 11.4 Å². The lowest BCUT2D eigenvalue weighted by molar-refractivity contribution is -0.121. The average Bonchev–Trinajstić information content (AvgIpc) is 2.59. The number of hydrogen-bond donors (Lipinski definition) is 0. The van der Waals surface area contributed by atoms with Gasteiger partial charge >= 0.3 is 0 Å². The van der Waals surface area contributed by atoms with Crippen LogP contribution in [0.1, 0.15) is 12.8 Å². The summed E-state index contributed by atoms with van der Waals surface area (Å²) >= 11 is 0. The summed E-state index contributed by atoms with van der Waals surface area (Å²) in [5.74, 6) is 0.0752. The molecule has 0 spiro atoms. The van der Waals surface area contributed by atoms with E-state index >= 15 is 0 Å². The number of carbonyl (C=O) groups is 2. The Bertz CT molecular complexity index is 401. The molecule has 2 heterocycles. The number of ether oxygens (including phenoxy) is 1. The van der Waals surface area contributed by atoms with Gasteiger partial charge in [-0.1, -0.05) is 0 Å². The molecule has 0 aromatic carbocycles. The smallest absolute Gasteiger partial charge is 0.234 e. The predicted molar refractivity (Wildman–Crippen MR) is 52.5 cm³/mol. The molecule has 1 saturated heterocycles. The predicted octanol–water partition coefficient (Wildman–Crippen LogP) is 0.744. The second-order valence-electron chi connectivity index (χ2n) is 3.17. The van der Waals surface area contributed by atoms with Crippen LogP contribution in [0.4, 0.5) is 5.69 Å². The molecule has 0 saturated carbocycles. The van der Waals surface area contributed by atoms with E-state index in [0.717, 1.165) is 4.90 Å². The van der Waals surface area contributed by atoms with Gasteiger partial charge in [-0.15, -0.1) is 0 Å². The third-order valence-electron chi connectivity index (χ3n) is 2.27. The van der Waals surface area contributed by atoms with E-state index in [1.54, 1.807) is 12.3 Å². The maximum Gasteiger partial charge on any atom is 0.234 e. The van der Waals surface area contributed by atoms with Gasteiger partial charge in [-0.05, 0) is 0 Å². The fourth-order valence-corrected chi connectivity index (χ4v) is 1.56. The molecule has 1 fully saturated rings. The molecule has 1 aliphatic rings. The first-order valence-corrected chi connectivity index (χ1v) is 4.58. The van der Waals surface area contributed by atoms with Crippen LogP contribution in [0.25, 0.3) is 0 Å². The van der Waals surface area contributed by atoms with Crippen molar-refractivity contribution in [3.63, 3.8) is 0 Å². The van der Waals surface area contributed by atoms with Gasteiger partial charge in [0.1, 0.15) is 11.4 Å². The van der Waals surface area contributed by atoms with Gasteiger partial charge in [0.2, 0.25) is 11.8 Å². The first-order chi connectivity index (χ1) is 7.24. The molecule has 1 aromatic rings. The van der Waals surface area contributed by atoms with Crippen molar-refractivity contribution in [1.29, 1.82) is 0 Å². The van der Waals surface area contributed by atoms with Crippen LogP contribution in [0.5, 0.6) is 5.75 Å². The maximum atomic E-state index is 11.5. The number of aromatic nitrogens is 1. The molecule has 15 heavy (non-hydrogen) atoms. The van der Waals surface area contributed by atoms with E-state index in [1.165, 1.54) is 13.3 Å². The van der Waals surface area contributed by atoms with Crippen molar-refractivity contribution >= 4 is 17.5 Å². The molecule has 0 radical (unpaired) electrons. The third kappa shape index (κ3) is 1.56. The molecular weight excluding hydrogens is 196 g/mol.